The van der Waals surface area contributed by atoms with Gasteiger partial charge in [-0.05, 0) is 31.2 Å². The molecule has 1 aromatic carbocycles. The second-order valence-electron chi connectivity index (χ2n) is 4.37. The maximum absolute atomic E-state index is 13.6. The quantitative estimate of drug-likeness (QED) is 0.798. The van der Waals surface area contributed by atoms with Gasteiger partial charge in [0.2, 0.25) is 0 Å². The zero-order valence-corrected chi connectivity index (χ0v) is 11.1. The summed E-state index contributed by atoms with van der Waals surface area (Å²) in [5.41, 5.74) is 0.591. The maximum atomic E-state index is 13.6. The number of rotatable bonds is 3. The highest BCUT2D eigenvalue weighted by Gasteiger charge is 2.23. The first-order valence-corrected chi connectivity index (χ1v) is 6.23. The van der Waals surface area contributed by atoms with E-state index in [0.29, 0.717) is 11.5 Å². The second-order valence-corrected chi connectivity index (χ2v) is 4.37. The molecule has 2 aromatic heterocycles. The lowest BCUT2D eigenvalue weighted by Crippen LogP contribution is -2.14. The molecule has 0 atom stereocenters. The van der Waals surface area contributed by atoms with E-state index >= 15 is 0 Å². The Morgan fingerprint density at radius 3 is 2.76 bits per heavy atom. The number of aryl methyl sites for hydroxylation is 1. The second kappa shape index (κ2) is 5.24. The van der Waals surface area contributed by atoms with Crippen LogP contribution < -0.4 is 5.32 Å². The van der Waals surface area contributed by atoms with Gasteiger partial charge in [0.15, 0.2) is 11.5 Å². The Hall–Kier alpha value is -2.89. The molecule has 0 unspecified atom stereocenters. The minimum absolute atomic E-state index is 0.0912. The van der Waals surface area contributed by atoms with Gasteiger partial charge in [-0.3, -0.25) is 4.79 Å². The first-order valence-electron chi connectivity index (χ1n) is 6.23. The molecule has 0 aliphatic heterocycles. The standard InChI is InChI=1S/C15H11FN2O3/c1-9-13(14(18-21-9)12-7-4-8-20-12)15(19)17-11-6-3-2-5-10(11)16/h2-8H,1H3,(H,17,19). The lowest BCUT2D eigenvalue weighted by atomic mass is 10.1. The number of carbonyl (C=O) groups excluding carboxylic acids is 1. The number of amides is 1. The van der Waals surface area contributed by atoms with Crippen molar-refractivity contribution in [3.8, 4) is 11.5 Å². The van der Waals surface area contributed by atoms with Crippen LogP contribution in [0.3, 0.4) is 0 Å². The van der Waals surface area contributed by atoms with Crippen LogP contribution in [0.4, 0.5) is 10.1 Å². The molecule has 6 heteroatoms. The van der Waals surface area contributed by atoms with Crippen LogP contribution >= 0.6 is 0 Å². The first kappa shape index (κ1) is 13.1. The van der Waals surface area contributed by atoms with E-state index in [4.69, 9.17) is 8.94 Å². The van der Waals surface area contributed by atoms with Crippen LogP contribution in [0.15, 0.2) is 51.6 Å². The van der Waals surface area contributed by atoms with E-state index in [-0.39, 0.29) is 16.9 Å². The normalized spacial score (nSPS) is 10.6. The molecule has 3 rings (SSSR count). The van der Waals surface area contributed by atoms with Crippen LogP contribution in [0.5, 0.6) is 0 Å². The zero-order chi connectivity index (χ0) is 14.8. The molecule has 0 aliphatic carbocycles. The summed E-state index contributed by atoms with van der Waals surface area (Å²) in [4.78, 5) is 12.3. The Bertz CT molecular complexity index is 778. The molecule has 0 bridgehead atoms. The van der Waals surface area contributed by atoms with Crippen LogP contribution in [-0.4, -0.2) is 11.1 Å². The van der Waals surface area contributed by atoms with Gasteiger partial charge in [0.05, 0.1) is 12.0 Å². The van der Waals surface area contributed by atoms with Gasteiger partial charge < -0.3 is 14.3 Å². The molecule has 0 aliphatic rings. The Morgan fingerprint density at radius 1 is 1.24 bits per heavy atom. The third kappa shape index (κ3) is 2.43. The average molecular weight is 286 g/mol. The van der Waals surface area contributed by atoms with E-state index in [0.717, 1.165) is 0 Å². The smallest absolute Gasteiger partial charge is 0.261 e. The van der Waals surface area contributed by atoms with Gasteiger partial charge in [0.1, 0.15) is 17.1 Å². The molecule has 1 N–H and O–H groups in total. The van der Waals surface area contributed by atoms with E-state index in [1.807, 2.05) is 0 Å². The van der Waals surface area contributed by atoms with E-state index < -0.39 is 11.7 Å². The lowest BCUT2D eigenvalue weighted by Gasteiger charge is -2.05. The van der Waals surface area contributed by atoms with Crippen LogP contribution in [-0.2, 0) is 0 Å². The number of hydrogen-bond donors (Lipinski definition) is 1. The number of para-hydroxylation sites is 1. The third-order valence-electron chi connectivity index (χ3n) is 2.97. The number of nitrogens with one attached hydrogen (secondary N) is 1. The Labute approximate surface area is 119 Å². The fraction of sp³-hybridized carbons (Fsp3) is 0.0667. The highest BCUT2D eigenvalue weighted by molar-refractivity contribution is 6.08. The third-order valence-corrected chi connectivity index (χ3v) is 2.97. The molecule has 0 saturated heterocycles. The van der Waals surface area contributed by atoms with Gasteiger partial charge >= 0.3 is 0 Å². The average Bonchev–Trinajstić information content (AvgIpc) is 3.10. The van der Waals surface area contributed by atoms with E-state index in [1.165, 1.54) is 18.4 Å². The summed E-state index contributed by atoms with van der Waals surface area (Å²) in [7, 11) is 0. The molecular formula is C15H11FN2O3. The van der Waals surface area contributed by atoms with Gasteiger partial charge in [0, 0.05) is 0 Å². The topological polar surface area (TPSA) is 68.3 Å². The molecule has 0 fully saturated rings. The summed E-state index contributed by atoms with van der Waals surface area (Å²) in [6, 6.07) is 9.26. The van der Waals surface area contributed by atoms with Gasteiger partial charge in [-0.2, -0.15) is 0 Å². The maximum Gasteiger partial charge on any atom is 0.261 e. The Morgan fingerprint density at radius 2 is 2.05 bits per heavy atom. The Kier molecular flexibility index (Phi) is 3.27. The van der Waals surface area contributed by atoms with Crippen LogP contribution in [0, 0.1) is 12.7 Å². The molecule has 1 amide bonds. The minimum atomic E-state index is -0.514. The molecule has 0 radical (unpaired) electrons. The summed E-state index contributed by atoms with van der Waals surface area (Å²) in [6.07, 6.45) is 1.47. The van der Waals surface area contributed by atoms with Gasteiger partial charge in [-0.1, -0.05) is 17.3 Å². The van der Waals surface area contributed by atoms with E-state index in [1.54, 1.807) is 31.2 Å². The van der Waals surface area contributed by atoms with E-state index in [2.05, 4.69) is 10.5 Å². The SMILES string of the molecule is Cc1onc(-c2ccco2)c1C(=O)Nc1ccccc1F. The van der Waals surface area contributed by atoms with Crippen molar-refractivity contribution in [2.75, 3.05) is 5.32 Å². The highest BCUT2D eigenvalue weighted by atomic mass is 19.1. The van der Waals surface area contributed by atoms with Crippen molar-refractivity contribution in [1.29, 1.82) is 0 Å². The number of furan rings is 1. The van der Waals surface area contributed by atoms with Crippen molar-refractivity contribution >= 4 is 11.6 Å². The first-order chi connectivity index (χ1) is 10.2. The van der Waals surface area contributed by atoms with Crippen molar-refractivity contribution in [3.63, 3.8) is 0 Å². The molecule has 5 nitrogen and oxygen atoms in total. The van der Waals surface area contributed by atoms with Crippen LogP contribution in [0.1, 0.15) is 16.1 Å². The predicted octanol–water partition coefficient (Wildman–Crippen LogP) is 3.63. The number of halogens is 1. The van der Waals surface area contributed by atoms with Gasteiger partial charge in [-0.25, -0.2) is 4.39 Å². The molecule has 106 valence electrons. The fourth-order valence-corrected chi connectivity index (χ4v) is 1.97. The monoisotopic (exact) mass is 286 g/mol. The van der Waals surface area contributed by atoms with Crippen molar-refractivity contribution in [2.24, 2.45) is 0 Å². The molecule has 3 aromatic rings. The van der Waals surface area contributed by atoms with Crippen molar-refractivity contribution in [2.45, 2.75) is 6.92 Å². The number of nitrogens with zero attached hydrogens (tertiary/aromatic N) is 1. The molecule has 21 heavy (non-hydrogen) atoms. The van der Waals surface area contributed by atoms with Gasteiger partial charge in [-0.15, -0.1) is 0 Å². The van der Waals surface area contributed by atoms with E-state index in [9.17, 15) is 9.18 Å². The number of hydrogen-bond acceptors (Lipinski definition) is 4. The van der Waals surface area contributed by atoms with Crippen LogP contribution in [0.2, 0.25) is 0 Å². The summed E-state index contributed by atoms with van der Waals surface area (Å²) in [6.45, 7) is 1.61. The molecule has 2 heterocycles. The zero-order valence-electron chi connectivity index (χ0n) is 11.1. The molecule has 0 spiro atoms. The fourth-order valence-electron chi connectivity index (χ4n) is 1.97. The van der Waals surface area contributed by atoms with Crippen LogP contribution in [0.25, 0.3) is 11.5 Å². The largest absolute Gasteiger partial charge is 0.463 e. The summed E-state index contributed by atoms with van der Waals surface area (Å²) in [5.74, 6) is -0.287. The lowest BCUT2D eigenvalue weighted by molar-refractivity contribution is 0.102. The van der Waals surface area contributed by atoms with Crippen molar-refractivity contribution in [3.05, 3.63) is 59.8 Å². The Balaban J connectivity index is 1.96. The summed E-state index contributed by atoms with van der Waals surface area (Å²) in [5, 5.41) is 6.32. The summed E-state index contributed by atoms with van der Waals surface area (Å²) >= 11 is 0. The van der Waals surface area contributed by atoms with Gasteiger partial charge in [0.25, 0.3) is 5.91 Å². The van der Waals surface area contributed by atoms with Crippen molar-refractivity contribution in [1.82, 2.24) is 5.16 Å². The summed E-state index contributed by atoms with van der Waals surface area (Å²) < 4.78 is 23.9. The molecule has 0 saturated carbocycles. The highest BCUT2D eigenvalue weighted by Crippen LogP contribution is 2.26. The molecular weight excluding hydrogens is 275 g/mol. The number of carbonyl (C=O) groups is 1. The van der Waals surface area contributed by atoms with Crippen molar-refractivity contribution < 1.29 is 18.1 Å². The predicted molar refractivity (Wildman–Crippen MR) is 73.3 cm³/mol. The number of anilines is 1. The minimum Gasteiger partial charge on any atom is -0.463 e. The number of benzene rings is 1. The number of aromatic nitrogens is 1.